The van der Waals surface area contributed by atoms with E-state index in [0.717, 1.165) is 24.2 Å². The Morgan fingerprint density at radius 2 is 2.00 bits per heavy atom. The first kappa shape index (κ1) is 16.2. The van der Waals surface area contributed by atoms with Crippen LogP contribution in [-0.2, 0) is 11.3 Å². The third kappa shape index (κ3) is 3.28. The van der Waals surface area contributed by atoms with Gasteiger partial charge in [0.1, 0.15) is 13.2 Å². The van der Waals surface area contributed by atoms with Gasteiger partial charge in [-0.2, -0.15) is 15.0 Å². The first-order valence-corrected chi connectivity index (χ1v) is 8.75. The molecule has 130 valence electrons. The zero-order chi connectivity index (χ0) is 17.2. The molecular formula is C16H16IN5O3. The molecule has 2 N–H and O–H groups in total. The van der Waals surface area contributed by atoms with Crippen molar-refractivity contribution in [2.24, 2.45) is 0 Å². The topological polar surface area (TPSA) is 97.3 Å². The number of halogens is 1. The highest BCUT2D eigenvalue weighted by atomic mass is 127. The Morgan fingerprint density at radius 3 is 2.84 bits per heavy atom. The van der Waals surface area contributed by atoms with Crippen molar-refractivity contribution in [2.45, 2.75) is 19.4 Å². The van der Waals surface area contributed by atoms with Crippen LogP contribution in [0, 0.1) is 0 Å². The van der Waals surface area contributed by atoms with Crippen molar-refractivity contribution in [2.75, 3.05) is 18.9 Å². The summed E-state index contributed by atoms with van der Waals surface area (Å²) >= 11 is 1.80. The summed E-state index contributed by atoms with van der Waals surface area (Å²) < 4.78 is 18.6. The molecule has 2 aliphatic rings. The third-order valence-electron chi connectivity index (χ3n) is 3.96. The molecule has 0 atom stereocenters. The molecule has 4 bridgehead atoms. The van der Waals surface area contributed by atoms with Gasteiger partial charge in [-0.25, -0.2) is 0 Å². The minimum absolute atomic E-state index is 0.211. The molecule has 1 aliphatic heterocycles. The van der Waals surface area contributed by atoms with E-state index in [-0.39, 0.29) is 11.8 Å². The minimum atomic E-state index is 0.211. The molecule has 25 heavy (non-hydrogen) atoms. The maximum absolute atomic E-state index is 6.04. The van der Waals surface area contributed by atoms with E-state index in [0.29, 0.717) is 36.9 Å². The van der Waals surface area contributed by atoms with Crippen molar-refractivity contribution in [3.05, 3.63) is 35.6 Å². The van der Waals surface area contributed by atoms with Crippen LogP contribution in [0.5, 0.6) is 12.0 Å². The van der Waals surface area contributed by atoms with E-state index in [1.54, 1.807) is 23.0 Å². The summed E-state index contributed by atoms with van der Waals surface area (Å²) in [7, 11) is 0. The van der Waals surface area contributed by atoms with Gasteiger partial charge in [-0.3, -0.25) is 4.57 Å². The lowest BCUT2D eigenvalue weighted by atomic mass is 10.1. The van der Waals surface area contributed by atoms with Crippen LogP contribution in [0.1, 0.15) is 12.8 Å². The summed E-state index contributed by atoms with van der Waals surface area (Å²) in [5.74, 6) is 1.23. The predicted molar refractivity (Wildman–Crippen MR) is 100 cm³/mol. The predicted octanol–water partition coefficient (Wildman–Crippen LogP) is 2.71. The normalized spacial score (nSPS) is 18.6. The highest BCUT2D eigenvalue weighted by Gasteiger charge is 2.19. The zero-order valence-electron chi connectivity index (χ0n) is 13.3. The largest absolute Gasteiger partial charge is 0.494 e. The Bertz CT molecular complexity index is 903. The lowest BCUT2D eigenvalue weighted by molar-refractivity contribution is 0.233. The Balaban J connectivity index is 1.85. The number of allylic oxidation sites excluding steroid dienone is 4. The molecule has 2 aromatic heterocycles. The molecule has 1 aliphatic carbocycles. The van der Waals surface area contributed by atoms with Crippen LogP contribution in [0.25, 0.3) is 11.2 Å². The molecular weight excluding hydrogens is 437 g/mol. The monoisotopic (exact) mass is 453 g/mol. The summed E-state index contributed by atoms with van der Waals surface area (Å²) in [5, 5.41) is 0. The fraction of sp³-hybridized carbons (Fsp3) is 0.312. The van der Waals surface area contributed by atoms with Crippen LogP contribution in [0.15, 0.2) is 35.6 Å². The van der Waals surface area contributed by atoms with Gasteiger partial charge in [0.25, 0.3) is 0 Å². The summed E-state index contributed by atoms with van der Waals surface area (Å²) in [6, 6.07) is 0.630. The second-order valence-corrected chi connectivity index (χ2v) is 6.08. The highest BCUT2D eigenvalue weighted by molar-refractivity contribution is 14.1. The van der Waals surface area contributed by atoms with Crippen molar-refractivity contribution < 1.29 is 12.5 Å². The number of nitrogens with zero attached hydrogens (tertiary/aromatic N) is 4. The number of fused-ring (bicyclic) bond motifs is 2. The van der Waals surface area contributed by atoms with E-state index in [1.807, 2.05) is 16.7 Å². The number of hydrogen-bond acceptors (Lipinski definition) is 7. The van der Waals surface area contributed by atoms with Crippen molar-refractivity contribution in [1.82, 2.24) is 19.5 Å². The minimum Gasteiger partial charge on any atom is -0.494 e. The molecule has 4 rings (SSSR count). The van der Waals surface area contributed by atoms with E-state index < -0.39 is 0 Å². The van der Waals surface area contributed by atoms with Gasteiger partial charge in [-0.1, -0.05) is 6.08 Å². The Kier molecular flexibility index (Phi) is 4.47. The van der Waals surface area contributed by atoms with Gasteiger partial charge in [0.05, 0.1) is 12.3 Å². The van der Waals surface area contributed by atoms with Crippen molar-refractivity contribution >= 4 is 40.0 Å². The molecule has 0 spiro atoms. The van der Waals surface area contributed by atoms with Crippen LogP contribution < -0.4 is 13.5 Å². The summed E-state index contributed by atoms with van der Waals surface area (Å²) in [5.41, 5.74) is 8.22. The fourth-order valence-electron chi connectivity index (χ4n) is 2.81. The number of ether oxygens (including phenoxy) is 2. The van der Waals surface area contributed by atoms with E-state index in [1.165, 1.54) is 0 Å². The van der Waals surface area contributed by atoms with Crippen molar-refractivity contribution in [3.8, 4) is 12.0 Å². The van der Waals surface area contributed by atoms with Gasteiger partial charge >= 0.3 is 12.0 Å². The van der Waals surface area contributed by atoms with Gasteiger partial charge in [0, 0.05) is 6.42 Å². The van der Waals surface area contributed by atoms with E-state index in [9.17, 15) is 0 Å². The molecule has 0 aromatic carbocycles. The second-order valence-electron chi connectivity index (χ2n) is 5.64. The number of nitrogens with two attached hydrogens (primary N) is 1. The Labute approximate surface area is 158 Å². The van der Waals surface area contributed by atoms with Crippen LogP contribution in [0.4, 0.5) is 5.82 Å². The number of anilines is 1. The molecule has 0 amide bonds. The lowest BCUT2D eigenvalue weighted by Gasteiger charge is -2.16. The number of hydrogen-bond donors (Lipinski definition) is 1. The molecule has 9 heteroatoms. The summed E-state index contributed by atoms with van der Waals surface area (Å²) in [4.78, 5) is 13.0. The average molecular weight is 453 g/mol. The van der Waals surface area contributed by atoms with Crippen LogP contribution in [-0.4, -0.2) is 32.7 Å². The molecule has 0 fully saturated rings. The maximum atomic E-state index is 6.04. The molecule has 0 saturated heterocycles. The zero-order valence-corrected chi connectivity index (χ0v) is 15.5. The van der Waals surface area contributed by atoms with E-state index >= 15 is 0 Å². The molecule has 0 saturated carbocycles. The highest BCUT2D eigenvalue weighted by Crippen LogP contribution is 2.29. The Hall–Kier alpha value is -2.30. The lowest BCUT2D eigenvalue weighted by Crippen LogP contribution is -2.08. The van der Waals surface area contributed by atoms with Crippen molar-refractivity contribution in [1.29, 1.82) is 0 Å². The van der Waals surface area contributed by atoms with Crippen LogP contribution in [0.3, 0.4) is 0 Å². The van der Waals surface area contributed by atoms with E-state index in [2.05, 4.69) is 27.1 Å². The SMILES string of the molecule is Nc1nc2nc3c1nc(OI)n3CC1=CCCC(=C1)OC/C=C\CO2. The van der Waals surface area contributed by atoms with Crippen LogP contribution in [0.2, 0.25) is 0 Å². The van der Waals surface area contributed by atoms with Gasteiger partial charge in [0.2, 0.25) is 0 Å². The van der Waals surface area contributed by atoms with E-state index in [4.69, 9.17) is 18.3 Å². The first-order chi connectivity index (χ1) is 12.2. The fourth-order valence-corrected chi connectivity index (χ4v) is 3.14. The number of imidazole rings is 1. The summed E-state index contributed by atoms with van der Waals surface area (Å²) in [6.45, 7) is 1.39. The number of nitrogen functional groups attached to an aromatic ring is 1. The number of rotatable bonds is 1. The van der Waals surface area contributed by atoms with Gasteiger partial charge in [-0.05, 0) is 30.2 Å². The van der Waals surface area contributed by atoms with Gasteiger partial charge in [0.15, 0.2) is 40.0 Å². The third-order valence-corrected chi connectivity index (χ3v) is 4.35. The molecule has 2 aromatic rings. The second kappa shape index (κ2) is 6.90. The standard InChI is InChI=1S/C16H16IN5O3/c17-25-16-19-12-13(18)20-15-21-14(12)22(16)9-10-4-3-5-11(8-10)23-6-1-2-7-24-15/h1-2,4,8H,3,5-7,9H2,(H2,18,20,21)/b2-1-. The quantitative estimate of drug-likeness (QED) is 0.524. The molecule has 3 heterocycles. The molecule has 0 unspecified atom stereocenters. The molecule has 8 nitrogen and oxygen atoms in total. The first-order valence-electron chi connectivity index (χ1n) is 7.87. The average Bonchev–Trinajstić information content (AvgIpc) is 2.96. The maximum Gasteiger partial charge on any atom is 0.320 e. The van der Waals surface area contributed by atoms with Gasteiger partial charge < -0.3 is 18.3 Å². The number of aromatic nitrogens is 4. The van der Waals surface area contributed by atoms with Crippen LogP contribution >= 0.6 is 23.0 Å². The smallest absolute Gasteiger partial charge is 0.320 e. The van der Waals surface area contributed by atoms with Gasteiger partial charge in [-0.15, -0.1) is 0 Å². The molecule has 0 radical (unpaired) electrons. The Morgan fingerprint density at radius 1 is 1.16 bits per heavy atom. The van der Waals surface area contributed by atoms with Crippen molar-refractivity contribution in [3.63, 3.8) is 0 Å². The summed E-state index contributed by atoms with van der Waals surface area (Å²) in [6.07, 6.45) is 9.86.